The Morgan fingerprint density at radius 1 is 0.933 bits per heavy atom. The van der Waals surface area contributed by atoms with Crippen molar-refractivity contribution in [3.8, 4) is 11.5 Å². The molecule has 1 aliphatic heterocycles. The van der Waals surface area contributed by atoms with E-state index in [0.29, 0.717) is 31.9 Å². The molecule has 0 unspecified atom stereocenters. The molecule has 1 aliphatic rings. The third kappa shape index (κ3) is 4.51. The number of esters is 1. The van der Waals surface area contributed by atoms with Crippen LogP contribution in [0.15, 0.2) is 66.4 Å². The molecule has 0 aliphatic carbocycles. The van der Waals surface area contributed by atoms with Crippen molar-refractivity contribution in [3.63, 3.8) is 0 Å². The molecule has 0 amide bonds. The molecule has 4 rings (SSSR count). The Morgan fingerprint density at radius 2 is 1.70 bits per heavy atom. The first-order valence-electron chi connectivity index (χ1n) is 8.87. The highest BCUT2D eigenvalue weighted by Crippen LogP contribution is 2.35. The second-order valence-electron chi connectivity index (χ2n) is 6.55. The Bertz CT molecular complexity index is 1180. The fourth-order valence-corrected chi connectivity index (χ4v) is 3.35. The van der Waals surface area contributed by atoms with Gasteiger partial charge in [0.1, 0.15) is 11.5 Å². The van der Waals surface area contributed by atoms with Gasteiger partial charge in [0.25, 0.3) is 0 Å². The van der Waals surface area contributed by atoms with Crippen LogP contribution in [-0.4, -0.2) is 11.8 Å². The smallest absolute Gasteiger partial charge is 0.315 e. The molecule has 4 nitrogen and oxygen atoms in total. The molecule has 0 fully saturated rings. The first-order valence-corrected chi connectivity index (χ1v) is 10.0. The molecule has 1 heterocycles. The number of fused-ring (bicyclic) bond motifs is 1. The minimum Gasteiger partial charge on any atom is -0.452 e. The van der Waals surface area contributed by atoms with Crippen molar-refractivity contribution in [2.45, 2.75) is 6.42 Å². The quantitative estimate of drug-likeness (QED) is 0.257. The lowest BCUT2D eigenvalue weighted by Crippen LogP contribution is -2.11. The van der Waals surface area contributed by atoms with Crippen molar-refractivity contribution >= 4 is 52.6 Å². The topological polar surface area (TPSA) is 52.6 Å². The molecule has 0 N–H and O–H groups in total. The molecule has 3 aromatic rings. The van der Waals surface area contributed by atoms with Crippen LogP contribution in [0.3, 0.4) is 0 Å². The zero-order valence-electron chi connectivity index (χ0n) is 15.3. The van der Waals surface area contributed by atoms with Gasteiger partial charge in [-0.3, -0.25) is 9.59 Å². The third-order valence-corrected chi connectivity index (χ3v) is 5.37. The largest absolute Gasteiger partial charge is 0.452 e. The van der Waals surface area contributed by atoms with Gasteiger partial charge in [0.05, 0.1) is 22.0 Å². The van der Waals surface area contributed by atoms with Crippen molar-refractivity contribution in [1.82, 2.24) is 0 Å². The summed E-state index contributed by atoms with van der Waals surface area (Å²) < 4.78 is 11.1. The number of ketones is 1. The molecule has 3 aromatic carbocycles. The minimum absolute atomic E-state index is 0.0938. The zero-order valence-corrected chi connectivity index (χ0v) is 17.6. The lowest BCUT2D eigenvalue weighted by molar-refractivity contribution is -0.133. The molecule has 0 atom stereocenters. The van der Waals surface area contributed by atoms with E-state index in [-0.39, 0.29) is 23.7 Å². The van der Waals surface area contributed by atoms with Gasteiger partial charge in [-0.2, -0.15) is 0 Å². The van der Waals surface area contributed by atoms with Crippen LogP contribution in [0.4, 0.5) is 0 Å². The van der Waals surface area contributed by atoms with Gasteiger partial charge in [-0.25, -0.2) is 0 Å². The Hall–Kier alpha value is -2.79. The number of hydrogen-bond donors (Lipinski definition) is 0. The van der Waals surface area contributed by atoms with Crippen LogP contribution in [0.5, 0.6) is 11.5 Å². The van der Waals surface area contributed by atoms with Crippen LogP contribution in [-0.2, 0) is 11.2 Å². The minimum atomic E-state index is -0.437. The molecular weight excluding hydrogens is 447 g/mol. The normalized spacial score (nSPS) is 13.8. The van der Waals surface area contributed by atoms with Crippen molar-refractivity contribution in [2.24, 2.45) is 0 Å². The van der Waals surface area contributed by atoms with Crippen LogP contribution >= 0.6 is 34.8 Å². The van der Waals surface area contributed by atoms with E-state index in [1.54, 1.807) is 60.7 Å². The Morgan fingerprint density at radius 3 is 2.43 bits per heavy atom. The van der Waals surface area contributed by atoms with Crippen molar-refractivity contribution < 1.29 is 19.1 Å². The van der Waals surface area contributed by atoms with E-state index in [1.807, 2.05) is 0 Å². The summed E-state index contributed by atoms with van der Waals surface area (Å²) in [6.07, 6.45) is 1.67. The highest BCUT2D eigenvalue weighted by molar-refractivity contribution is 6.42. The molecule has 30 heavy (non-hydrogen) atoms. The number of carbonyl (C=O) groups excluding carboxylic acids is 2. The summed E-state index contributed by atoms with van der Waals surface area (Å²) in [5.74, 6) is 0.0516. The number of halogens is 3. The number of rotatable bonds is 4. The molecule has 0 saturated heterocycles. The van der Waals surface area contributed by atoms with E-state index in [0.717, 1.165) is 5.56 Å². The molecule has 0 spiro atoms. The number of benzene rings is 3. The van der Waals surface area contributed by atoms with E-state index in [1.165, 1.54) is 6.07 Å². The predicted molar refractivity (Wildman–Crippen MR) is 117 cm³/mol. The predicted octanol–water partition coefficient (Wildman–Crippen LogP) is 6.41. The summed E-state index contributed by atoms with van der Waals surface area (Å²) in [7, 11) is 0. The van der Waals surface area contributed by atoms with Gasteiger partial charge in [0.15, 0.2) is 5.76 Å². The van der Waals surface area contributed by atoms with E-state index < -0.39 is 5.97 Å². The highest BCUT2D eigenvalue weighted by atomic mass is 35.5. The summed E-state index contributed by atoms with van der Waals surface area (Å²) in [6, 6.07) is 16.6. The molecule has 0 aromatic heterocycles. The lowest BCUT2D eigenvalue weighted by Gasteiger charge is -2.06. The number of allylic oxidation sites excluding steroid dienone is 1. The second-order valence-corrected chi connectivity index (χ2v) is 7.80. The Kier molecular flexibility index (Phi) is 5.82. The fraction of sp³-hybridized carbons (Fsp3) is 0.0435. The maximum absolute atomic E-state index is 12.6. The van der Waals surface area contributed by atoms with Gasteiger partial charge in [-0.1, -0.05) is 53.0 Å². The van der Waals surface area contributed by atoms with Gasteiger partial charge in [0, 0.05) is 11.1 Å². The Labute approximate surface area is 187 Å². The third-order valence-electron chi connectivity index (χ3n) is 4.38. The Balaban J connectivity index is 1.48. The number of carbonyl (C=O) groups is 2. The SMILES string of the molecule is O=C(Cc1ccc(Cl)cc1)Oc1ccc2c(c1)O/C(=C\c1ccc(Cl)c(Cl)c1)C2=O. The second kappa shape index (κ2) is 8.52. The van der Waals surface area contributed by atoms with Crippen molar-refractivity contribution in [3.05, 3.63) is 98.2 Å². The van der Waals surface area contributed by atoms with Crippen LogP contribution in [0.2, 0.25) is 15.1 Å². The van der Waals surface area contributed by atoms with Gasteiger partial charge in [-0.05, 0) is 53.6 Å². The standard InChI is InChI=1S/C23H13Cl3O4/c24-15-4-1-13(2-5-15)11-22(27)29-16-6-7-17-20(12-16)30-21(23(17)28)10-14-3-8-18(25)19(26)9-14/h1-10,12H,11H2/b21-10-. The van der Waals surface area contributed by atoms with E-state index >= 15 is 0 Å². The summed E-state index contributed by atoms with van der Waals surface area (Å²) in [4.78, 5) is 24.8. The highest BCUT2D eigenvalue weighted by Gasteiger charge is 2.28. The number of hydrogen-bond acceptors (Lipinski definition) is 4. The van der Waals surface area contributed by atoms with Gasteiger partial charge >= 0.3 is 5.97 Å². The first-order chi connectivity index (χ1) is 14.4. The molecular formula is C23H13Cl3O4. The van der Waals surface area contributed by atoms with E-state index in [9.17, 15) is 9.59 Å². The molecule has 0 radical (unpaired) electrons. The van der Waals surface area contributed by atoms with Crippen molar-refractivity contribution in [1.29, 1.82) is 0 Å². The van der Waals surface area contributed by atoms with Gasteiger partial charge in [-0.15, -0.1) is 0 Å². The summed E-state index contributed by atoms with van der Waals surface area (Å²) in [6.45, 7) is 0. The number of ether oxygens (including phenoxy) is 2. The fourth-order valence-electron chi connectivity index (χ4n) is 2.92. The zero-order chi connectivity index (χ0) is 21.3. The van der Waals surface area contributed by atoms with E-state index in [4.69, 9.17) is 44.3 Å². The monoisotopic (exact) mass is 458 g/mol. The molecule has 7 heteroatoms. The van der Waals surface area contributed by atoms with Crippen LogP contribution < -0.4 is 9.47 Å². The van der Waals surface area contributed by atoms with E-state index in [2.05, 4.69) is 0 Å². The maximum atomic E-state index is 12.6. The average Bonchev–Trinajstić information content (AvgIpc) is 3.01. The lowest BCUT2D eigenvalue weighted by atomic mass is 10.1. The summed E-state index contributed by atoms with van der Waals surface area (Å²) >= 11 is 17.8. The van der Waals surface area contributed by atoms with Crippen LogP contribution in [0.1, 0.15) is 21.5 Å². The average molecular weight is 460 g/mol. The van der Waals surface area contributed by atoms with Crippen molar-refractivity contribution in [2.75, 3.05) is 0 Å². The molecule has 0 bridgehead atoms. The molecule has 0 saturated carbocycles. The van der Waals surface area contributed by atoms with Gasteiger partial charge in [0.2, 0.25) is 5.78 Å². The van der Waals surface area contributed by atoms with Gasteiger partial charge < -0.3 is 9.47 Å². The van der Waals surface area contributed by atoms with Crippen LogP contribution in [0.25, 0.3) is 6.08 Å². The summed E-state index contributed by atoms with van der Waals surface area (Å²) in [5.41, 5.74) is 1.85. The summed E-state index contributed by atoms with van der Waals surface area (Å²) in [5, 5.41) is 1.40. The maximum Gasteiger partial charge on any atom is 0.315 e. The number of Topliss-reactive ketones (excluding diaryl/α,β-unsaturated/α-hetero) is 1. The first kappa shape index (κ1) is 20.5. The van der Waals surface area contributed by atoms with Crippen LogP contribution in [0, 0.1) is 0 Å². The molecule has 150 valence electrons.